The van der Waals surface area contributed by atoms with E-state index >= 15 is 0 Å². The van der Waals surface area contributed by atoms with Gasteiger partial charge in [0.25, 0.3) is 0 Å². The van der Waals surface area contributed by atoms with Crippen molar-refractivity contribution in [3.63, 3.8) is 0 Å². The van der Waals surface area contributed by atoms with E-state index in [9.17, 15) is 13.2 Å². The molecule has 1 heterocycles. The lowest BCUT2D eigenvalue weighted by Crippen LogP contribution is -2.10. The molecule has 2 N–H and O–H groups in total. The molecule has 0 aliphatic carbocycles. The topological polar surface area (TPSA) is 56.7 Å². The maximum atomic E-state index is 12.7. The molecule has 1 aromatic carbocycles. The number of halogens is 3. The summed E-state index contributed by atoms with van der Waals surface area (Å²) in [5.41, 5.74) is 5.26. The lowest BCUT2D eigenvalue weighted by molar-refractivity contribution is -0.137. The summed E-state index contributed by atoms with van der Waals surface area (Å²) in [7, 11) is 0. The summed E-state index contributed by atoms with van der Waals surface area (Å²) < 4.78 is 40.0. The Morgan fingerprint density at radius 1 is 1.25 bits per heavy atom. The van der Waals surface area contributed by atoms with Crippen molar-refractivity contribution in [2.45, 2.75) is 32.6 Å². The molecule has 0 atom stereocenters. The number of nitrogens with zero attached hydrogens (tertiary/aromatic N) is 3. The summed E-state index contributed by atoms with van der Waals surface area (Å²) in [4.78, 5) is 0. The number of hydrogen-bond acceptors (Lipinski definition) is 3. The summed E-state index contributed by atoms with van der Waals surface area (Å²) >= 11 is 0. The Balaban J connectivity index is 2.49. The zero-order valence-electron chi connectivity index (χ0n) is 11.0. The van der Waals surface area contributed by atoms with E-state index in [2.05, 4.69) is 10.2 Å². The van der Waals surface area contributed by atoms with E-state index in [1.165, 1.54) is 6.07 Å². The summed E-state index contributed by atoms with van der Waals surface area (Å²) in [5.74, 6) is 0.984. The van der Waals surface area contributed by atoms with E-state index in [-0.39, 0.29) is 6.54 Å². The van der Waals surface area contributed by atoms with Gasteiger partial charge in [-0.25, -0.2) is 0 Å². The third-order valence-corrected chi connectivity index (χ3v) is 2.91. The molecule has 20 heavy (non-hydrogen) atoms. The molecule has 0 fully saturated rings. The van der Waals surface area contributed by atoms with Gasteiger partial charge < -0.3 is 10.3 Å². The number of nitrogens with two attached hydrogens (primary N) is 1. The number of hydrogen-bond donors (Lipinski definition) is 1. The van der Waals surface area contributed by atoms with Gasteiger partial charge in [0.05, 0.1) is 12.1 Å². The van der Waals surface area contributed by atoms with Crippen molar-refractivity contribution < 1.29 is 13.2 Å². The first-order chi connectivity index (χ1) is 9.47. The van der Waals surface area contributed by atoms with Crippen molar-refractivity contribution in [1.82, 2.24) is 14.8 Å². The van der Waals surface area contributed by atoms with Gasteiger partial charge in [-0.3, -0.25) is 0 Å². The normalized spacial score (nSPS) is 11.8. The molecular weight excluding hydrogens is 269 g/mol. The van der Waals surface area contributed by atoms with Crippen LogP contribution in [0.15, 0.2) is 24.3 Å². The second-order valence-electron chi connectivity index (χ2n) is 4.37. The van der Waals surface area contributed by atoms with Crippen molar-refractivity contribution in [3.05, 3.63) is 35.7 Å². The van der Waals surface area contributed by atoms with Crippen LogP contribution in [0.25, 0.3) is 11.4 Å². The summed E-state index contributed by atoms with van der Waals surface area (Å²) in [6, 6.07) is 5.07. The van der Waals surface area contributed by atoms with Crippen molar-refractivity contribution >= 4 is 0 Å². The van der Waals surface area contributed by atoms with Gasteiger partial charge in [0.15, 0.2) is 5.82 Å². The molecular formula is C13H15F3N4. The number of alkyl halides is 3. The molecule has 1 aromatic heterocycles. The lowest BCUT2D eigenvalue weighted by Gasteiger charge is -2.10. The van der Waals surface area contributed by atoms with Gasteiger partial charge in [0.2, 0.25) is 0 Å². The second kappa shape index (κ2) is 5.62. The van der Waals surface area contributed by atoms with Gasteiger partial charge in [-0.2, -0.15) is 13.2 Å². The molecule has 0 aliphatic heterocycles. The van der Waals surface area contributed by atoms with Gasteiger partial charge in [0.1, 0.15) is 5.82 Å². The first-order valence-electron chi connectivity index (χ1n) is 6.27. The van der Waals surface area contributed by atoms with Crippen LogP contribution in [0.2, 0.25) is 0 Å². The molecule has 0 unspecified atom stereocenters. The van der Waals surface area contributed by atoms with Gasteiger partial charge in [0, 0.05) is 12.1 Å². The summed E-state index contributed by atoms with van der Waals surface area (Å²) in [6.45, 7) is 2.79. The molecule has 2 aromatic rings. The zero-order valence-corrected chi connectivity index (χ0v) is 11.0. The third kappa shape index (κ3) is 2.82. The molecule has 2 rings (SSSR count). The zero-order chi connectivity index (χ0) is 14.8. The van der Waals surface area contributed by atoms with Crippen LogP contribution in [0, 0.1) is 0 Å². The van der Waals surface area contributed by atoms with Gasteiger partial charge in [-0.05, 0) is 18.6 Å². The maximum absolute atomic E-state index is 12.7. The highest BCUT2D eigenvalue weighted by molar-refractivity contribution is 5.57. The molecule has 108 valence electrons. The highest BCUT2D eigenvalue weighted by Crippen LogP contribution is 2.31. The van der Waals surface area contributed by atoms with Crippen LogP contribution in [0.3, 0.4) is 0 Å². The van der Waals surface area contributed by atoms with Crippen LogP contribution in [-0.2, 0) is 19.3 Å². The monoisotopic (exact) mass is 284 g/mol. The molecule has 0 radical (unpaired) electrons. The quantitative estimate of drug-likeness (QED) is 0.939. The Morgan fingerprint density at radius 3 is 2.60 bits per heavy atom. The number of aromatic nitrogens is 3. The Labute approximate surface area is 114 Å². The molecule has 0 saturated carbocycles. The van der Waals surface area contributed by atoms with Gasteiger partial charge >= 0.3 is 6.18 Å². The third-order valence-electron chi connectivity index (χ3n) is 2.91. The minimum Gasteiger partial charge on any atom is -0.324 e. The lowest BCUT2D eigenvalue weighted by atomic mass is 10.1. The Morgan fingerprint density at radius 2 is 2.00 bits per heavy atom. The first-order valence-corrected chi connectivity index (χ1v) is 6.27. The molecule has 4 nitrogen and oxygen atoms in total. The molecule has 0 saturated heterocycles. The highest BCUT2D eigenvalue weighted by Gasteiger charge is 2.30. The standard InChI is InChI=1S/C13H15F3N4/c1-2-6-20-11(8-17)18-19-12(20)9-4-3-5-10(7-9)13(14,15)16/h3-5,7H,2,6,8,17H2,1H3. The number of benzene rings is 1. The molecule has 7 heteroatoms. The smallest absolute Gasteiger partial charge is 0.324 e. The maximum Gasteiger partial charge on any atom is 0.416 e. The molecule has 0 amide bonds. The Hall–Kier alpha value is -1.89. The molecule has 0 spiro atoms. The minimum absolute atomic E-state index is 0.200. The highest BCUT2D eigenvalue weighted by atomic mass is 19.4. The van der Waals surface area contributed by atoms with E-state index in [1.54, 1.807) is 10.6 Å². The molecule has 0 bridgehead atoms. The predicted octanol–water partition coefficient (Wildman–Crippen LogP) is 2.83. The van der Waals surface area contributed by atoms with Crippen LogP contribution in [0.5, 0.6) is 0 Å². The van der Waals surface area contributed by atoms with E-state index in [0.717, 1.165) is 18.6 Å². The van der Waals surface area contributed by atoms with Crippen LogP contribution >= 0.6 is 0 Å². The minimum atomic E-state index is -4.37. The largest absolute Gasteiger partial charge is 0.416 e. The summed E-state index contributed by atoms with van der Waals surface area (Å²) in [6.07, 6.45) is -3.56. The predicted molar refractivity (Wildman–Crippen MR) is 68.6 cm³/mol. The Bertz CT molecular complexity index is 590. The van der Waals surface area contributed by atoms with Crippen molar-refractivity contribution in [1.29, 1.82) is 0 Å². The first kappa shape index (κ1) is 14.5. The van der Waals surface area contributed by atoms with Gasteiger partial charge in [-0.1, -0.05) is 19.1 Å². The van der Waals surface area contributed by atoms with Crippen LogP contribution in [0.4, 0.5) is 13.2 Å². The van der Waals surface area contributed by atoms with Crippen molar-refractivity contribution in [2.75, 3.05) is 0 Å². The van der Waals surface area contributed by atoms with E-state index in [0.29, 0.717) is 23.8 Å². The molecule has 0 aliphatic rings. The fraction of sp³-hybridized carbons (Fsp3) is 0.385. The summed E-state index contributed by atoms with van der Waals surface area (Å²) in [5, 5.41) is 7.89. The van der Waals surface area contributed by atoms with Gasteiger partial charge in [-0.15, -0.1) is 10.2 Å². The van der Waals surface area contributed by atoms with Crippen molar-refractivity contribution in [2.24, 2.45) is 5.73 Å². The van der Waals surface area contributed by atoms with E-state index < -0.39 is 11.7 Å². The average molecular weight is 284 g/mol. The fourth-order valence-electron chi connectivity index (χ4n) is 1.99. The number of rotatable bonds is 4. The van der Waals surface area contributed by atoms with Crippen LogP contribution in [-0.4, -0.2) is 14.8 Å². The van der Waals surface area contributed by atoms with Crippen LogP contribution < -0.4 is 5.73 Å². The van der Waals surface area contributed by atoms with E-state index in [1.807, 2.05) is 6.92 Å². The second-order valence-corrected chi connectivity index (χ2v) is 4.37. The average Bonchev–Trinajstić information content (AvgIpc) is 2.81. The van der Waals surface area contributed by atoms with Crippen molar-refractivity contribution in [3.8, 4) is 11.4 Å². The fourth-order valence-corrected chi connectivity index (χ4v) is 1.99. The SMILES string of the molecule is CCCn1c(CN)nnc1-c1cccc(C(F)(F)F)c1. The van der Waals surface area contributed by atoms with E-state index in [4.69, 9.17) is 5.73 Å². The Kier molecular flexibility index (Phi) is 4.08. The van der Waals surface area contributed by atoms with Crippen LogP contribution in [0.1, 0.15) is 24.7 Å².